The SMILES string of the molecule is COc1cccc(C2/C(=C(/O)c3ccc(OCc4ccccc4)c(C)c3)C(=O)C(=O)N2c2cc(C)cc(C)c2)c1. The van der Waals surface area contributed by atoms with Crippen LogP contribution < -0.4 is 14.4 Å². The van der Waals surface area contributed by atoms with Crippen molar-refractivity contribution in [3.8, 4) is 11.5 Å². The van der Waals surface area contributed by atoms with Gasteiger partial charge in [0.25, 0.3) is 11.7 Å². The zero-order valence-electron chi connectivity index (χ0n) is 23.0. The highest BCUT2D eigenvalue weighted by molar-refractivity contribution is 6.51. The molecule has 6 nitrogen and oxygen atoms in total. The maximum absolute atomic E-state index is 13.6. The third-order valence-corrected chi connectivity index (χ3v) is 7.02. The number of hydrogen-bond acceptors (Lipinski definition) is 5. The first kappa shape index (κ1) is 26.8. The molecule has 1 heterocycles. The van der Waals surface area contributed by atoms with Gasteiger partial charge < -0.3 is 14.6 Å². The highest BCUT2D eigenvalue weighted by atomic mass is 16.5. The largest absolute Gasteiger partial charge is 0.507 e. The van der Waals surface area contributed by atoms with E-state index >= 15 is 0 Å². The number of hydrogen-bond donors (Lipinski definition) is 1. The number of benzene rings is 4. The molecule has 1 fully saturated rings. The first-order valence-corrected chi connectivity index (χ1v) is 13.1. The Morgan fingerprint density at radius 3 is 2.25 bits per heavy atom. The lowest BCUT2D eigenvalue weighted by molar-refractivity contribution is -0.132. The zero-order valence-corrected chi connectivity index (χ0v) is 23.0. The summed E-state index contributed by atoms with van der Waals surface area (Å²) in [4.78, 5) is 28.6. The van der Waals surface area contributed by atoms with Crippen molar-refractivity contribution in [2.45, 2.75) is 33.4 Å². The van der Waals surface area contributed by atoms with E-state index in [0.29, 0.717) is 34.9 Å². The molecule has 0 saturated carbocycles. The van der Waals surface area contributed by atoms with E-state index in [0.717, 1.165) is 22.3 Å². The van der Waals surface area contributed by atoms with Crippen molar-refractivity contribution in [1.82, 2.24) is 0 Å². The van der Waals surface area contributed by atoms with Crippen molar-refractivity contribution in [2.24, 2.45) is 0 Å². The molecular weight excluding hydrogens is 502 g/mol. The molecule has 0 aromatic heterocycles. The molecule has 4 aromatic carbocycles. The van der Waals surface area contributed by atoms with Gasteiger partial charge in [-0.25, -0.2) is 0 Å². The number of amides is 1. The van der Waals surface area contributed by atoms with Crippen molar-refractivity contribution in [3.05, 3.63) is 130 Å². The normalized spacial score (nSPS) is 16.3. The number of ketones is 1. The standard InChI is InChI=1S/C34H31NO5/c1-21-15-22(2)17-27(16-21)35-31(25-11-8-12-28(19-25)39-4)30(33(37)34(35)38)32(36)26-13-14-29(23(3)18-26)40-20-24-9-6-5-7-10-24/h5-19,31,36H,20H2,1-4H3/b32-30-. The van der Waals surface area contributed by atoms with E-state index < -0.39 is 17.7 Å². The minimum absolute atomic E-state index is 0.0229. The van der Waals surface area contributed by atoms with Crippen molar-refractivity contribution >= 4 is 23.1 Å². The number of carbonyl (C=O) groups excluding carboxylic acids is 2. The molecule has 1 aliphatic heterocycles. The molecule has 4 aromatic rings. The Morgan fingerprint density at radius 1 is 0.850 bits per heavy atom. The predicted octanol–water partition coefficient (Wildman–Crippen LogP) is 6.83. The highest BCUT2D eigenvalue weighted by Crippen LogP contribution is 2.43. The molecule has 1 saturated heterocycles. The Hall–Kier alpha value is -4.84. The zero-order chi connectivity index (χ0) is 28.4. The second-order valence-electron chi connectivity index (χ2n) is 10.0. The lowest BCUT2D eigenvalue weighted by atomic mass is 9.94. The summed E-state index contributed by atoms with van der Waals surface area (Å²) in [5.74, 6) is -0.430. The molecule has 5 rings (SSSR count). The number of aliphatic hydroxyl groups is 1. The van der Waals surface area contributed by atoms with Gasteiger partial charge in [-0.1, -0.05) is 48.5 Å². The van der Waals surface area contributed by atoms with E-state index in [9.17, 15) is 14.7 Å². The molecule has 40 heavy (non-hydrogen) atoms. The van der Waals surface area contributed by atoms with E-state index in [2.05, 4.69) is 0 Å². The summed E-state index contributed by atoms with van der Waals surface area (Å²) in [6.07, 6.45) is 0. The second kappa shape index (κ2) is 11.1. The van der Waals surface area contributed by atoms with Gasteiger partial charge in [-0.2, -0.15) is 0 Å². The summed E-state index contributed by atoms with van der Waals surface area (Å²) in [5.41, 5.74) is 5.45. The Balaban J connectivity index is 1.59. The summed E-state index contributed by atoms with van der Waals surface area (Å²) in [6, 6.07) is 27.2. The lowest BCUT2D eigenvalue weighted by Gasteiger charge is -2.26. The van der Waals surface area contributed by atoms with Crippen LogP contribution in [-0.4, -0.2) is 23.9 Å². The van der Waals surface area contributed by atoms with Crippen LogP contribution in [0.3, 0.4) is 0 Å². The summed E-state index contributed by atoms with van der Waals surface area (Å²) in [6.45, 7) is 6.17. The fourth-order valence-corrected chi connectivity index (χ4v) is 5.17. The van der Waals surface area contributed by atoms with Crippen LogP contribution in [0.4, 0.5) is 5.69 Å². The Bertz CT molecular complexity index is 1600. The van der Waals surface area contributed by atoms with Gasteiger partial charge in [-0.15, -0.1) is 0 Å². The maximum Gasteiger partial charge on any atom is 0.300 e. The molecular formula is C34H31NO5. The van der Waals surface area contributed by atoms with Crippen LogP contribution >= 0.6 is 0 Å². The molecule has 1 unspecified atom stereocenters. The third kappa shape index (κ3) is 5.21. The predicted molar refractivity (Wildman–Crippen MR) is 156 cm³/mol. The van der Waals surface area contributed by atoms with Crippen LogP contribution in [0.15, 0.2) is 96.6 Å². The summed E-state index contributed by atoms with van der Waals surface area (Å²) in [7, 11) is 1.56. The number of methoxy groups -OCH3 is 1. The first-order valence-electron chi connectivity index (χ1n) is 13.1. The Labute approximate surface area is 234 Å². The average Bonchev–Trinajstić information content (AvgIpc) is 3.22. The number of aliphatic hydroxyl groups excluding tert-OH is 1. The van der Waals surface area contributed by atoms with Gasteiger partial charge in [0.2, 0.25) is 0 Å². The summed E-state index contributed by atoms with van der Waals surface area (Å²) < 4.78 is 11.4. The molecule has 1 atom stereocenters. The van der Waals surface area contributed by atoms with Crippen LogP contribution in [0, 0.1) is 20.8 Å². The first-order chi connectivity index (χ1) is 19.3. The number of anilines is 1. The maximum atomic E-state index is 13.6. The summed E-state index contributed by atoms with van der Waals surface area (Å²) in [5, 5.41) is 11.6. The fraction of sp³-hybridized carbons (Fsp3) is 0.176. The van der Waals surface area contributed by atoms with E-state index in [1.807, 2.05) is 75.4 Å². The topological polar surface area (TPSA) is 76.1 Å². The average molecular weight is 534 g/mol. The molecule has 0 spiro atoms. The number of rotatable bonds is 7. The molecule has 0 bridgehead atoms. The minimum Gasteiger partial charge on any atom is -0.507 e. The van der Waals surface area contributed by atoms with Gasteiger partial charge in [-0.3, -0.25) is 14.5 Å². The van der Waals surface area contributed by atoms with E-state index in [1.165, 1.54) is 4.90 Å². The number of Topliss-reactive ketones (excluding diaryl/α,β-unsaturated/α-hetero) is 1. The number of ether oxygens (including phenoxy) is 2. The van der Waals surface area contributed by atoms with Crippen LogP contribution in [0.1, 0.15) is 39.4 Å². The van der Waals surface area contributed by atoms with E-state index in [4.69, 9.17) is 9.47 Å². The molecule has 0 radical (unpaired) electrons. The lowest BCUT2D eigenvalue weighted by Crippen LogP contribution is -2.29. The molecule has 0 aliphatic carbocycles. The molecule has 1 aliphatic rings. The van der Waals surface area contributed by atoms with Gasteiger partial charge in [0, 0.05) is 11.3 Å². The van der Waals surface area contributed by atoms with Crippen molar-refractivity contribution in [1.29, 1.82) is 0 Å². The van der Waals surface area contributed by atoms with Crippen molar-refractivity contribution in [3.63, 3.8) is 0 Å². The van der Waals surface area contributed by atoms with Crippen LogP contribution in [0.25, 0.3) is 5.76 Å². The van der Waals surface area contributed by atoms with Gasteiger partial charge in [0.15, 0.2) is 0 Å². The van der Waals surface area contributed by atoms with Crippen molar-refractivity contribution in [2.75, 3.05) is 12.0 Å². The molecule has 1 amide bonds. The summed E-state index contributed by atoms with van der Waals surface area (Å²) >= 11 is 0. The van der Waals surface area contributed by atoms with Crippen LogP contribution in [0.2, 0.25) is 0 Å². The van der Waals surface area contributed by atoms with Crippen LogP contribution in [-0.2, 0) is 16.2 Å². The second-order valence-corrected chi connectivity index (χ2v) is 10.0. The quantitative estimate of drug-likeness (QED) is 0.160. The van der Waals surface area contributed by atoms with Gasteiger partial charge in [-0.05, 0) is 91.1 Å². The van der Waals surface area contributed by atoms with Gasteiger partial charge in [0.1, 0.15) is 23.9 Å². The number of carbonyl (C=O) groups is 2. The van der Waals surface area contributed by atoms with Gasteiger partial charge in [0.05, 0.1) is 18.7 Å². The minimum atomic E-state index is -0.842. The Morgan fingerprint density at radius 2 is 1.57 bits per heavy atom. The molecule has 6 heteroatoms. The molecule has 202 valence electrons. The fourth-order valence-electron chi connectivity index (χ4n) is 5.17. The van der Waals surface area contributed by atoms with Crippen molar-refractivity contribution < 1.29 is 24.2 Å². The van der Waals surface area contributed by atoms with Gasteiger partial charge >= 0.3 is 0 Å². The van der Waals surface area contributed by atoms with E-state index in [-0.39, 0.29) is 11.3 Å². The highest BCUT2D eigenvalue weighted by Gasteiger charge is 2.47. The smallest absolute Gasteiger partial charge is 0.300 e. The number of aryl methyl sites for hydroxylation is 3. The van der Waals surface area contributed by atoms with Crippen LogP contribution in [0.5, 0.6) is 11.5 Å². The van der Waals surface area contributed by atoms with E-state index in [1.54, 1.807) is 43.5 Å². The number of nitrogens with zero attached hydrogens (tertiary/aromatic N) is 1. The monoisotopic (exact) mass is 533 g/mol. The Kier molecular flexibility index (Phi) is 7.43. The molecule has 1 N–H and O–H groups in total. The third-order valence-electron chi connectivity index (χ3n) is 7.02.